The normalized spacial score (nSPS) is 17.2. The van der Waals surface area contributed by atoms with Gasteiger partial charge in [0.15, 0.2) is 17.3 Å². The van der Waals surface area contributed by atoms with Crippen LogP contribution in [0, 0.1) is 33.4 Å². The van der Waals surface area contributed by atoms with E-state index in [4.69, 9.17) is 4.84 Å². The third kappa shape index (κ3) is 14.2. The van der Waals surface area contributed by atoms with Crippen molar-refractivity contribution in [3.05, 3.63) is 98.0 Å². The van der Waals surface area contributed by atoms with Crippen LogP contribution < -0.4 is 32.1 Å². The first-order valence-electron chi connectivity index (χ1n) is 22.6. The molecule has 21 heteroatoms. The number of unbranched alkanes of at least 4 members (excludes halogenated alkanes) is 1. The summed E-state index contributed by atoms with van der Waals surface area (Å²) in [7, 11) is 0. The average molecular weight is 1090 g/mol. The van der Waals surface area contributed by atoms with Gasteiger partial charge in [0.05, 0.1) is 58.2 Å². The van der Waals surface area contributed by atoms with Gasteiger partial charge in [-0.2, -0.15) is 0 Å². The van der Waals surface area contributed by atoms with Crippen LogP contribution in [0.15, 0.2) is 60.1 Å². The number of benzene rings is 3. The second kappa shape index (κ2) is 23.6. The molecule has 69 heavy (non-hydrogen) atoms. The van der Waals surface area contributed by atoms with Gasteiger partial charge in [0.25, 0.3) is 11.8 Å². The number of aromatic nitrogens is 1. The fourth-order valence-electron chi connectivity index (χ4n) is 7.70. The number of β-amino-alcohol motifs (C(OH)–C–C–N with tert-alkyl or cyclic N) is 1. The number of aliphatic hydroxyl groups is 1. The first-order chi connectivity index (χ1) is 32.7. The maximum absolute atomic E-state index is 14.7. The van der Waals surface area contributed by atoms with Crippen LogP contribution in [0.5, 0.6) is 0 Å². The number of rotatable bonds is 22. The van der Waals surface area contributed by atoms with E-state index in [9.17, 15) is 46.6 Å². The quantitative estimate of drug-likeness (QED) is 0.0193. The van der Waals surface area contributed by atoms with Crippen LogP contribution >= 0.6 is 33.9 Å². The molecule has 1 aromatic heterocycles. The molecule has 6 rings (SSSR count). The molecule has 1 aliphatic carbocycles. The minimum absolute atomic E-state index is 0.0636. The summed E-state index contributed by atoms with van der Waals surface area (Å²) in [5.41, 5.74) is 2.50. The highest BCUT2D eigenvalue weighted by molar-refractivity contribution is 14.1. The first kappa shape index (κ1) is 53.1. The lowest BCUT2D eigenvalue weighted by Gasteiger charge is -2.36. The van der Waals surface area contributed by atoms with E-state index < -0.39 is 82.1 Å². The monoisotopic (exact) mass is 1090 g/mol. The van der Waals surface area contributed by atoms with Crippen LogP contribution in [0.4, 0.5) is 28.9 Å². The lowest BCUT2D eigenvalue weighted by Crippen LogP contribution is -2.59. The van der Waals surface area contributed by atoms with E-state index in [0.717, 1.165) is 28.3 Å². The topological polar surface area (TPSA) is 203 Å². The molecule has 0 spiro atoms. The largest absolute Gasteiger partial charge is 0.391 e. The summed E-state index contributed by atoms with van der Waals surface area (Å²) in [6.45, 7) is 8.44. The van der Waals surface area contributed by atoms with Crippen molar-refractivity contribution in [1.82, 2.24) is 36.6 Å². The summed E-state index contributed by atoms with van der Waals surface area (Å²) in [5, 5.41) is 24.9. The van der Waals surface area contributed by atoms with Gasteiger partial charge < -0.3 is 36.6 Å². The molecule has 7 N–H and O–H groups in total. The Morgan fingerprint density at radius 2 is 1.67 bits per heavy atom. The summed E-state index contributed by atoms with van der Waals surface area (Å²) < 4.78 is 58.5. The van der Waals surface area contributed by atoms with Gasteiger partial charge in [0.1, 0.15) is 17.9 Å². The molecule has 2 fully saturated rings. The predicted octanol–water partition coefficient (Wildman–Crippen LogP) is 6.66. The van der Waals surface area contributed by atoms with Crippen molar-refractivity contribution in [3.8, 4) is 10.4 Å². The van der Waals surface area contributed by atoms with E-state index in [1.165, 1.54) is 28.4 Å². The zero-order valence-electron chi connectivity index (χ0n) is 38.7. The van der Waals surface area contributed by atoms with E-state index in [1.54, 1.807) is 32.3 Å². The predicted molar refractivity (Wildman–Crippen MR) is 260 cm³/mol. The number of thiazole rings is 1. The lowest BCUT2D eigenvalue weighted by molar-refractivity contribution is -0.145. The minimum Gasteiger partial charge on any atom is -0.391 e. The number of aryl methyl sites for hydroxylation is 1. The Morgan fingerprint density at radius 1 is 0.957 bits per heavy atom. The Bertz CT molecular complexity index is 2490. The summed E-state index contributed by atoms with van der Waals surface area (Å²) in [6.07, 6.45) is 0.671. The fourth-order valence-corrected chi connectivity index (χ4v) is 8.96. The SMILES string of the molecule is Cc1ncsc1-c1ccc([C@H](CC(=O)NCCCCNCCCONC(=O)c2ccc(F)c(F)c2Nc2ccc(I)cc2F)NC(=O)[C@@H]2C[C@@H](O)CN2C(=O)C(NC(=O)C2(F)CC2)C(C)(C)C)cc1. The van der Waals surface area contributed by atoms with Gasteiger partial charge in [0.2, 0.25) is 17.7 Å². The van der Waals surface area contributed by atoms with Crippen LogP contribution in [0.2, 0.25) is 0 Å². The number of hydroxylamine groups is 1. The van der Waals surface area contributed by atoms with Gasteiger partial charge >= 0.3 is 0 Å². The highest BCUT2D eigenvalue weighted by Crippen LogP contribution is 2.40. The summed E-state index contributed by atoms with van der Waals surface area (Å²) in [6, 6.07) is 10.2. The van der Waals surface area contributed by atoms with E-state index in [1.807, 2.05) is 53.8 Å². The van der Waals surface area contributed by atoms with E-state index in [0.29, 0.717) is 48.0 Å². The molecule has 15 nitrogen and oxygen atoms in total. The maximum atomic E-state index is 14.7. The average Bonchev–Trinajstić information content (AvgIpc) is 3.71. The second-order valence-electron chi connectivity index (χ2n) is 18.3. The smallest absolute Gasteiger partial charge is 0.277 e. The lowest BCUT2D eigenvalue weighted by atomic mass is 9.85. The number of nitrogens with one attached hydrogen (secondary N) is 6. The van der Waals surface area contributed by atoms with Crippen molar-refractivity contribution in [2.45, 2.75) is 103 Å². The standard InChI is InChI=1S/C48H57F4IN8O7S/c1-27-41(69-26-56-27)29-10-8-28(9-11-29)36(58-44(65)37-23-31(62)25-61(37)45(66)42(47(2,3)4)59-46(67)48(52)16-17-48)24-38(63)55-20-6-5-18-54-19-7-21-68-60-43(64)32-13-14-33(49)39(51)40(32)57-35-15-12-30(53)22-34(35)50/h8-15,22,26,31,36-37,42,54,57,62H,5-7,16-21,23-25H2,1-4H3,(H,55,63)(H,58,65)(H,59,67)(H,60,64)/t31-,36+,37+,42?/m1/s1. The number of halogens is 5. The molecule has 2 heterocycles. The van der Waals surface area contributed by atoms with Crippen LogP contribution in [-0.4, -0.2) is 101 Å². The molecule has 1 aliphatic heterocycles. The van der Waals surface area contributed by atoms with Gasteiger partial charge in [-0.3, -0.25) is 28.8 Å². The van der Waals surface area contributed by atoms with Gasteiger partial charge in [-0.1, -0.05) is 45.0 Å². The van der Waals surface area contributed by atoms with Crippen LogP contribution in [0.1, 0.15) is 93.4 Å². The van der Waals surface area contributed by atoms with Crippen LogP contribution in [0.3, 0.4) is 0 Å². The Balaban J connectivity index is 0.965. The van der Waals surface area contributed by atoms with Crippen LogP contribution in [0.25, 0.3) is 10.4 Å². The summed E-state index contributed by atoms with van der Waals surface area (Å²) >= 11 is 3.39. The molecular weight excluding hydrogens is 1040 g/mol. The van der Waals surface area contributed by atoms with Gasteiger partial charge in [-0.15, -0.1) is 11.3 Å². The zero-order valence-corrected chi connectivity index (χ0v) is 41.6. The Morgan fingerprint density at radius 3 is 2.33 bits per heavy atom. The molecule has 2 aliphatic rings. The highest BCUT2D eigenvalue weighted by atomic mass is 127. The minimum atomic E-state index is -2.02. The molecule has 5 amide bonds. The van der Waals surface area contributed by atoms with Crippen molar-refractivity contribution < 1.29 is 51.5 Å². The molecule has 372 valence electrons. The highest BCUT2D eigenvalue weighted by Gasteiger charge is 2.53. The fraction of sp³-hybridized carbons (Fsp3) is 0.458. The molecule has 0 radical (unpaired) electrons. The van der Waals surface area contributed by atoms with Gasteiger partial charge in [-0.05, 0) is 122 Å². The van der Waals surface area contributed by atoms with Crippen molar-refractivity contribution in [3.63, 3.8) is 0 Å². The third-order valence-corrected chi connectivity index (χ3v) is 13.4. The molecule has 4 aromatic rings. The van der Waals surface area contributed by atoms with E-state index in [2.05, 4.69) is 37.0 Å². The number of hydrogen-bond donors (Lipinski definition) is 7. The summed E-state index contributed by atoms with van der Waals surface area (Å²) in [4.78, 5) is 78.9. The zero-order chi connectivity index (χ0) is 50.0. The Kier molecular flexibility index (Phi) is 18.2. The molecule has 3 aromatic carbocycles. The van der Waals surface area contributed by atoms with Crippen LogP contribution in [-0.2, 0) is 24.0 Å². The maximum Gasteiger partial charge on any atom is 0.277 e. The van der Waals surface area contributed by atoms with Gasteiger partial charge in [-0.25, -0.2) is 28.0 Å². The Hall–Kier alpha value is -5.23. The number of alkyl halides is 1. The number of likely N-dealkylation sites (tertiary alicyclic amines) is 1. The molecule has 1 saturated heterocycles. The second-order valence-corrected chi connectivity index (χ2v) is 20.4. The number of amides is 5. The van der Waals surface area contributed by atoms with Crippen molar-refractivity contribution in [2.24, 2.45) is 5.41 Å². The molecule has 1 saturated carbocycles. The van der Waals surface area contributed by atoms with E-state index in [-0.39, 0.29) is 56.0 Å². The molecule has 4 atom stereocenters. The molecule has 0 bridgehead atoms. The van der Waals surface area contributed by atoms with Crippen molar-refractivity contribution >= 4 is 74.8 Å². The third-order valence-electron chi connectivity index (χ3n) is 11.8. The van der Waals surface area contributed by atoms with E-state index >= 15 is 0 Å². The number of hydrogen-bond acceptors (Lipinski definition) is 11. The number of carbonyl (C=O) groups is 5. The van der Waals surface area contributed by atoms with Crippen molar-refractivity contribution in [2.75, 3.05) is 38.1 Å². The summed E-state index contributed by atoms with van der Waals surface area (Å²) in [5.74, 6) is -6.58. The van der Waals surface area contributed by atoms with Gasteiger partial charge in [0, 0.05) is 23.1 Å². The van der Waals surface area contributed by atoms with Crippen molar-refractivity contribution in [1.29, 1.82) is 0 Å². The number of anilines is 2. The Labute approximate surface area is 415 Å². The first-order valence-corrected chi connectivity index (χ1v) is 24.6. The molecule has 1 unspecified atom stereocenters. The number of carbonyl (C=O) groups excluding carboxylic acids is 5. The number of nitrogens with zero attached hydrogens (tertiary/aromatic N) is 2. The number of aliphatic hydroxyl groups excluding tert-OH is 1. The molecular formula is C48H57F4IN8O7S.